The second-order valence-electron chi connectivity index (χ2n) is 6.08. The molecule has 1 saturated heterocycles. The van der Waals surface area contributed by atoms with E-state index in [1.54, 1.807) is 0 Å². The summed E-state index contributed by atoms with van der Waals surface area (Å²) in [7, 11) is -1.08. The third-order valence-electron chi connectivity index (χ3n) is 4.42. The lowest BCUT2D eigenvalue weighted by Crippen LogP contribution is -2.38. The Bertz CT molecular complexity index is 723. The summed E-state index contributed by atoms with van der Waals surface area (Å²) >= 11 is 0. The zero-order valence-electron chi connectivity index (χ0n) is 15.0. The molecule has 1 saturated carbocycles. The van der Waals surface area contributed by atoms with E-state index in [0.717, 1.165) is 6.07 Å². The van der Waals surface area contributed by atoms with Crippen molar-refractivity contribution in [2.75, 3.05) is 20.0 Å². The highest BCUT2D eigenvalue weighted by Crippen LogP contribution is 2.60. The van der Waals surface area contributed by atoms with E-state index in [4.69, 9.17) is 18.9 Å². The van der Waals surface area contributed by atoms with E-state index in [0.29, 0.717) is 12.0 Å². The van der Waals surface area contributed by atoms with Gasteiger partial charge in [0.05, 0.1) is 13.2 Å². The third kappa shape index (κ3) is 4.01. The van der Waals surface area contributed by atoms with Gasteiger partial charge in [0.2, 0.25) is 6.79 Å². The highest BCUT2D eigenvalue weighted by molar-refractivity contribution is 6.48. The summed E-state index contributed by atoms with van der Waals surface area (Å²) in [5.74, 6) is -1.91. The second-order valence-corrected chi connectivity index (χ2v) is 6.08. The summed E-state index contributed by atoms with van der Waals surface area (Å²) in [6.45, 7) is 3.85. The topological polar surface area (TPSA) is 101 Å². The molecule has 2 fully saturated rings. The molecule has 10 heteroatoms. The number of carbonyl (C=O) groups is 2. The van der Waals surface area contributed by atoms with Crippen molar-refractivity contribution in [1.29, 1.82) is 0 Å². The quantitative estimate of drug-likeness (QED) is 0.481. The van der Waals surface area contributed by atoms with Crippen LogP contribution in [0.4, 0.5) is 9.18 Å². The maximum absolute atomic E-state index is 14.1. The number of benzene rings is 1. The number of fused-ring (bicyclic) bond motifs is 3. The van der Waals surface area contributed by atoms with E-state index >= 15 is 0 Å². The molecule has 1 aliphatic carbocycles. The minimum absolute atomic E-state index is 0.0227. The van der Waals surface area contributed by atoms with Crippen LogP contribution in [-0.4, -0.2) is 50.4 Å². The Balaban J connectivity index is 0.00000102. The molecular formula is C17H20BFO8. The first-order chi connectivity index (χ1) is 13.0. The van der Waals surface area contributed by atoms with Gasteiger partial charge in [-0.3, -0.25) is 0 Å². The van der Waals surface area contributed by atoms with Crippen molar-refractivity contribution in [3.05, 3.63) is 29.1 Å². The molecule has 8 nitrogen and oxygen atoms in total. The van der Waals surface area contributed by atoms with Crippen molar-refractivity contribution in [3.8, 4) is 5.75 Å². The van der Waals surface area contributed by atoms with Crippen LogP contribution in [0.3, 0.4) is 0 Å². The molecule has 3 aliphatic rings. The van der Waals surface area contributed by atoms with Crippen molar-refractivity contribution >= 4 is 19.2 Å². The van der Waals surface area contributed by atoms with Crippen molar-refractivity contribution in [1.82, 2.24) is 0 Å². The summed E-state index contributed by atoms with van der Waals surface area (Å²) in [6, 6.07) is 2.68. The number of halogens is 1. The van der Waals surface area contributed by atoms with Crippen LogP contribution in [0.25, 0.3) is 0 Å². The largest absolute Gasteiger partial charge is 0.535 e. The van der Waals surface area contributed by atoms with E-state index in [9.17, 15) is 19.0 Å². The minimum atomic E-state index is -1.08. The molecular weight excluding hydrogens is 362 g/mol. The van der Waals surface area contributed by atoms with Crippen LogP contribution in [0.5, 0.6) is 5.75 Å². The third-order valence-corrected chi connectivity index (χ3v) is 4.42. The number of rotatable bonds is 4. The number of esters is 1. The predicted molar refractivity (Wildman–Crippen MR) is 89.9 cm³/mol. The Morgan fingerprint density at radius 2 is 2.04 bits per heavy atom. The Labute approximate surface area is 155 Å². The molecule has 2 unspecified atom stereocenters. The molecule has 2 aliphatic heterocycles. The zero-order valence-corrected chi connectivity index (χ0v) is 15.0. The smallest absolute Gasteiger partial charge is 0.526 e. The Morgan fingerprint density at radius 1 is 1.30 bits per heavy atom. The molecule has 2 atom stereocenters. The summed E-state index contributed by atoms with van der Waals surface area (Å²) in [4.78, 5) is 23.5. The van der Waals surface area contributed by atoms with E-state index in [2.05, 4.69) is 4.74 Å². The molecule has 1 N–H and O–H groups in total. The van der Waals surface area contributed by atoms with Gasteiger partial charge in [-0.25, -0.2) is 14.0 Å². The van der Waals surface area contributed by atoms with Crippen molar-refractivity contribution in [3.63, 3.8) is 0 Å². The SMILES string of the molecule is CC.O=C(OCOC(=O)c1c(F)ccc2c1OB(O)C1CC21)OC1COC1. The van der Waals surface area contributed by atoms with E-state index in [1.165, 1.54) is 6.07 Å². The van der Waals surface area contributed by atoms with Gasteiger partial charge in [0.25, 0.3) is 0 Å². The molecule has 0 amide bonds. The first-order valence-corrected chi connectivity index (χ1v) is 8.80. The van der Waals surface area contributed by atoms with E-state index in [-0.39, 0.29) is 36.8 Å². The summed E-state index contributed by atoms with van der Waals surface area (Å²) in [5, 5.41) is 9.83. The van der Waals surface area contributed by atoms with Gasteiger partial charge in [-0.05, 0) is 24.0 Å². The standard InChI is InChI=1S/C15H14BFO8.C2H6/c17-11-2-1-8-9-3-10(9)16(20)25-13(8)12(11)14(18)22-6-23-15(19)24-7-4-21-5-7;1-2/h1-2,7,9-10,20H,3-6H2;1-2H3. The first-order valence-electron chi connectivity index (χ1n) is 8.80. The van der Waals surface area contributed by atoms with Gasteiger partial charge in [0, 0.05) is 5.82 Å². The van der Waals surface area contributed by atoms with Gasteiger partial charge >= 0.3 is 19.2 Å². The molecule has 27 heavy (non-hydrogen) atoms. The molecule has 0 bridgehead atoms. The van der Waals surface area contributed by atoms with Crippen LogP contribution in [0.15, 0.2) is 12.1 Å². The second kappa shape index (κ2) is 8.14. The lowest BCUT2D eigenvalue weighted by atomic mass is 9.77. The summed E-state index contributed by atoms with van der Waals surface area (Å²) in [5.41, 5.74) is 0.236. The molecule has 0 spiro atoms. The maximum Gasteiger partial charge on any atom is 0.526 e. The van der Waals surface area contributed by atoms with E-state index in [1.807, 2.05) is 13.8 Å². The monoisotopic (exact) mass is 382 g/mol. The van der Waals surface area contributed by atoms with Gasteiger partial charge in [-0.1, -0.05) is 19.9 Å². The number of hydrogen-bond donors (Lipinski definition) is 1. The molecule has 1 aromatic carbocycles. The Hall–Kier alpha value is -2.33. The van der Waals surface area contributed by atoms with Crippen LogP contribution in [-0.2, 0) is 18.9 Å². The fourth-order valence-electron chi connectivity index (χ4n) is 2.93. The summed E-state index contributed by atoms with van der Waals surface area (Å²) < 4.78 is 38.4. The van der Waals surface area contributed by atoms with Crippen LogP contribution in [0.1, 0.15) is 42.1 Å². The van der Waals surface area contributed by atoms with Gasteiger partial charge in [0.1, 0.15) is 17.1 Å². The summed E-state index contributed by atoms with van der Waals surface area (Å²) in [6.07, 6.45) is -0.666. The molecule has 1 aromatic rings. The first kappa shape index (κ1) is 19.4. The van der Waals surface area contributed by atoms with Crippen LogP contribution >= 0.6 is 0 Å². The Morgan fingerprint density at radius 3 is 2.70 bits per heavy atom. The average Bonchev–Trinajstić information content (AvgIpc) is 3.41. The van der Waals surface area contributed by atoms with Crippen molar-refractivity contribution < 1.29 is 42.6 Å². The number of carbonyl (C=O) groups excluding carboxylic acids is 2. The normalized spacial score (nSPS) is 22.0. The maximum atomic E-state index is 14.1. The lowest BCUT2D eigenvalue weighted by Gasteiger charge is -2.24. The van der Waals surface area contributed by atoms with Gasteiger partial charge < -0.3 is 28.6 Å². The highest BCUT2D eigenvalue weighted by Gasteiger charge is 2.54. The number of ether oxygens (including phenoxy) is 4. The average molecular weight is 382 g/mol. The zero-order chi connectivity index (χ0) is 19.6. The fraction of sp³-hybridized carbons (Fsp3) is 0.529. The highest BCUT2D eigenvalue weighted by atomic mass is 19.1. The van der Waals surface area contributed by atoms with Gasteiger partial charge in [-0.15, -0.1) is 0 Å². The molecule has 0 radical (unpaired) electrons. The van der Waals surface area contributed by atoms with Crippen LogP contribution < -0.4 is 4.65 Å². The van der Waals surface area contributed by atoms with Crippen LogP contribution in [0.2, 0.25) is 5.82 Å². The Kier molecular flexibility index (Phi) is 5.86. The molecule has 146 valence electrons. The van der Waals surface area contributed by atoms with Crippen molar-refractivity contribution in [2.24, 2.45) is 0 Å². The minimum Gasteiger partial charge on any atom is -0.535 e. The fourth-order valence-corrected chi connectivity index (χ4v) is 2.93. The molecule has 2 heterocycles. The van der Waals surface area contributed by atoms with Crippen molar-refractivity contribution in [2.45, 2.75) is 38.1 Å². The van der Waals surface area contributed by atoms with Gasteiger partial charge in [0.15, 0.2) is 6.10 Å². The van der Waals surface area contributed by atoms with Gasteiger partial charge in [-0.2, -0.15) is 0 Å². The predicted octanol–water partition coefficient (Wildman–Crippen LogP) is 2.25. The van der Waals surface area contributed by atoms with E-state index < -0.39 is 37.4 Å². The molecule has 4 rings (SSSR count). The lowest BCUT2D eigenvalue weighted by molar-refractivity contribution is -0.122. The van der Waals surface area contributed by atoms with Crippen LogP contribution in [0, 0.1) is 5.82 Å². The molecule has 0 aromatic heterocycles. The number of hydrogen-bond acceptors (Lipinski definition) is 8.